The van der Waals surface area contributed by atoms with Crippen molar-refractivity contribution >= 4 is 70.1 Å². The number of nitrogens with zero attached hydrogens (tertiary/aromatic N) is 1. The first kappa shape index (κ1) is 37.7. The summed E-state index contributed by atoms with van der Waals surface area (Å²) in [5.41, 5.74) is 15.5. The van der Waals surface area contributed by atoms with Crippen molar-refractivity contribution in [3.8, 4) is 55.6 Å². The molecule has 0 unspecified atom stereocenters. The number of hydrogen-bond donors (Lipinski definition) is 0. The Morgan fingerprint density at radius 1 is 0.250 bits per heavy atom. The Balaban J connectivity index is 0.993. The van der Waals surface area contributed by atoms with Crippen LogP contribution in [-0.2, 0) is 0 Å². The molecule has 64 heavy (non-hydrogen) atoms. The van der Waals surface area contributed by atoms with E-state index >= 15 is 0 Å². The van der Waals surface area contributed by atoms with Crippen LogP contribution in [0.2, 0.25) is 0 Å². The van der Waals surface area contributed by atoms with Crippen LogP contribution in [-0.4, -0.2) is 0 Å². The van der Waals surface area contributed by atoms with Gasteiger partial charge in [0.2, 0.25) is 0 Å². The Morgan fingerprint density at radius 3 is 1.39 bits per heavy atom. The Bertz CT molecular complexity index is 3630. The van der Waals surface area contributed by atoms with Gasteiger partial charge in [-0.3, -0.25) is 0 Å². The molecule has 0 spiro atoms. The predicted octanol–water partition coefficient (Wildman–Crippen LogP) is 18.2. The fourth-order valence-corrected chi connectivity index (χ4v) is 10.9. The van der Waals surface area contributed by atoms with Crippen LogP contribution >= 0.6 is 11.3 Å². The normalized spacial score (nSPS) is 11.4. The van der Waals surface area contributed by atoms with Crippen LogP contribution in [0.1, 0.15) is 0 Å². The lowest BCUT2D eigenvalue weighted by molar-refractivity contribution is 1.28. The second-order valence-corrected chi connectivity index (χ2v) is 17.5. The summed E-state index contributed by atoms with van der Waals surface area (Å²) in [6.07, 6.45) is 0. The molecule has 0 atom stereocenters. The fourth-order valence-electron chi connectivity index (χ4n) is 9.65. The molecule has 0 bridgehead atoms. The number of rotatable bonds is 8. The Kier molecular flexibility index (Phi) is 9.43. The van der Waals surface area contributed by atoms with Crippen LogP contribution in [0.25, 0.3) is 97.4 Å². The van der Waals surface area contributed by atoms with E-state index < -0.39 is 0 Å². The number of thiophene rings is 1. The maximum absolute atomic E-state index is 2.41. The smallest absolute Gasteiger partial charge is 0.0467 e. The highest BCUT2D eigenvalue weighted by molar-refractivity contribution is 7.26. The van der Waals surface area contributed by atoms with Gasteiger partial charge >= 0.3 is 0 Å². The van der Waals surface area contributed by atoms with E-state index in [4.69, 9.17) is 0 Å². The summed E-state index contributed by atoms with van der Waals surface area (Å²) >= 11 is 1.88. The molecule has 12 aromatic rings. The molecule has 300 valence electrons. The van der Waals surface area contributed by atoms with Gasteiger partial charge in [0.1, 0.15) is 0 Å². The van der Waals surface area contributed by atoms with Gasteiger partial charge < -0.3 is 4.90 Å². The quantitative estimate of drug-likeness (QED) is 0.138. The molecule has 1 aromatic heterocycles. The first-order valence-corrected chi connectivity index (χ1v) is 22.7. The van der Waals surface area contributed by atoms with Gasteiger partial charge in [0.05, 0.1) is 0 Å². The van der Waals surface area contributed by atoms with Crippen molar-refractivity contribution in [3.05, 3.63) is 249 Å². The summed E-state index contributed by atoms with van der Waals surface area (Å²) < 4.78 is 2.63. The van der Waals surface area contributed by atoms with E-state index in [9.17, 15) is 0 Å². The first-order chi connectivity index (χ1) is 31.7. The zero-order valence-corrected chi connectivity index (χ0v) is 35.8. The fraction of sp³-hybridized carbons (Fsp3) is 0. The second kappa shape index (κ2) is 16.0. The molecule has 0 fully saturated rings. The average molecular weight is 832 g/mol. The van der Waals surface area contributed by atoms with Crippen LogP contribution in [0.5, 0.6) is 0 Å². The highest BCUT2D eigenvalue weighted by Crippen LogP contribution is 2.47. The van der Waals surface area contributed by atoms with E-state index in [-0.39, 0.29) is 0 Å². The molecule has 0 aliphatic carbocycles. The van der Waals surface area contributed by atoms with Gasteiger partial charge in [-0.05, 0) is 126 Å². The molecule has 0 amide bonds. The average Bonchev–Trinajstić information content (AvgIpc) is 3.76. The molecule has 0 aliphatic rings. The van der Waals surface area contributed by atoms with Crippen molar-refractivity contribution in [2.24, 2.45) is 0 Å². The van der Waals surface area contributed by atoms with E-state index in [0.29, 0.717) is 0 Å². The molecule has 2 heteroatoms. The van der Waals surface area contributed by atoms with Gasteiger partial charge in [-0.1, -0.05) is 200 Å². The van der Waals surface area contributed by atoms with Crippen molar-refractivity contribution in [2.45, 2.75) is 0 Å². The topological polar surface area (TPSA) is 3.24 Å². The SMILES string of the molecule is c1ccc(-c2ccc(N(c3ccc(-c4ccc5c(c4)c(-c4ccccc4)c(-c4ccccc4)c4ccccc45)cc3)c3cccc(-c4cccc5c4sc4ccccc45)c3)cc2)cc1. The number of hydrogen-bond acceptors (Lipinski definition) is 2. The molecule has 0 aliphatic heterocycles. The molecular weight excluding hydrogens is 791 g/mol. The van der Waals surface area contributed by atoms with E-state index in [0.717, 1.165) is 17.1 Å². The van der Waals surface area contributed by atoms with Gasteiger partial charge in [-0.25, -0.2) is 0 Å². The van der Waals surface area contributed by atoms with Gasteiger partial charge in [-0.2, -0.15) is 0 Å². The minimum atomic E-state index is 1.09. The maximum atomic E-state index is 2.41. The molecule has 1 nitrogen and oxygen atoms in total. The van der Waals surface area contributed by atoms with Crippen LogP contribution in [0.15, 0.2) is 249 Å². The second-order valence-electron chi connectivity index (χ2n) is 16.4. The van der Waals surface area contributed by atoms with Crippen molar-refractivity contribution in [3.63, 3.8) is 0 Å². The number of fused-ring (bicyclic) bond motifs is 6. The summed E-state index contributed by atoms with van der Waals surface area (Å²) in [7, 11) is 0. The van der Waals surface area contributed by atoms with E-state index in [1.54, 1.807) is 0 Å². The summed E-state index contributed by atoms with van der Waals surface area (Å²) in [5, 5.41) is 7.65. The monoisotopic (exact) mass is 831 g/mol. The summed E-state index contributed by atoms with van der Waals surface area (Å²) in [4.78, 5) is 2.39. The molecule has 0 N–H and O–H groups in total. The Hall–Kier alpha value is -8.04. The van der Waals surface area contributed by atoms with Crippen molar-refractivity contribution in [2.75, 3.05) is 4.90 Å². The Labute approximate surface area is 377 Å². The summed E-state index contributed by atoms with van der Waals surface area (Å²) in [5.74, 6) is 0. The lowest BCUT2D eigenvalue weighted by Crippen LogP contribution is -2.10. The minimum Gasteiger partial charge on any atom is -0.310 e. The van der Waals surface area contributed by atoms with E-state index in [1.165, 1.54) is 97.4 Å². The number of benzene rings is 11. The maximum Gasteiger partial charge on any atom is 0.0467 e. The molecule has 12 rings (SSSR count). The van der Waals surface area contributed by atoms with Crippen LogP contribution in [0.3, 0.4) is 0 Å². The molecule has 1 heterocycles. The molecule has 0 radical (unpaired) electrons. The van der Waals surface area contributed by atoms with Crippen molar-refractivity contribution < 1.29 is 0 Å². The summed E-state index contributed by atoms with van der Waals surface area (Å²) in [6.45, 7) is 0. The first-order valence-electron chi connectivity index (χ1n) is 21.9. The highest BCUT2D eigenvalue weighted by Gasteiger charge is 2.20. The third-order valence-electron chi connectivity index (χ3n) is 12.7. The van der Waals surface area contributed by atoms with Crippen molar-refractivity contribution in [1.82, 2.24) is 0 Å². The standard InChI is InChI=1S/C62H41NS/c1-4-16-42(17-5-1)43-30-35-49(36-31-43)63(51-23-14-22-48(40-51)52-27-15-28-57-55-25-12-13-29-59(55)64-62(52)57)50-37-32-44(33-38-50)47-34-39-54-53-24-10-11-26-56(53)60(45-18-6-2-7-19-45)61(58(54)41-47)46-20-8-3-9-21-46/h1-41H. The van der Waals surface area contributed by atoms with Crippen molar-refractivity contribution in [1.29, 1.82) is 0 Å². The van der Waals surface area contributed by atoms with Crippen LogP contribution in [0, 0.1) is 0 Å². The van der Waals surface area contributed by atoms with E-state index in [1.807, 2.05) is 11.3 Å². The Morgan fingerprint density at radius 2 is 0.719 bits per heavy atom. The summed E-state index contributed by atoms with van der Waals surface area (Å²) in [6, 6.07) is 90.8. The molecule has 0 saturated heterocycles. The van der Waals surface area contributed by atoms with Crippen LogP contribution in [0.4, 0.5) is 17.1 Å². The third kappa shape index (κ3) is 6.64. The van der Waals surface area contributed by atoms with Crippen LogP contribution < -0.4 is 4.90 Å². The largest absolute Gasteiger partial charge is 0.310 e. The molecular formula is C62H41NS. The lowest BCUT2D eigenvalue weighted by Gasteiger charge is -2.26. The molecule has 11 aromatic carbocycles. The molecule has 0 saturated carbocycles. The van der Waals surface area contributed by atoms with Gasteiger partial charge in [0, 0.05) is 37.2 Å². The number of anilines is 3. The van der Waals surface area contributed by atoms with Gasteiger partial charge in [0.15, 0.2) is 0 Å². The van der Waals surface area contributed by atoms with E-state index in [2.05, 4.69) is 254 Å². The van der Waals surface area contributed by atoms with Gasteiger partial charge in [0.25, 0.3) is 0 Å². The zero-order chi connectivity index (χ0) is 42.4. The highest BCUT2D eigenvalue weighted by atomic mass is 32.1. The zero-order valence-electron chi connectivity index (χ0n) is 35.0. The predicted molar refractivity (Wildman–Crippen MR) is 276 cm³/mol. The third-order valence-corrected chi connectivity index (χ3v) is 13.9. The lowest BCUT2D eigenvalue weighted by atomic mass is 9.84. The van der Waals surface area contributed by atoms with Gasteiger partial charge in [-0.15, -0.1) is 11.3 Å². The minimum absolute atomic E-state index is 1.09.